The molecule has 16 heavy (non-hydrogen) atoms. The van der Waals surface area contributed by atoms with Crippen molar-refractivity contribution in [1.82, 2.24) is 10.3 Å². The second-order valence-electron chi connectivity index (χ2n) is 2.96. The van der Waals surface area contributed by atoms with E-state index in [1.165, 1.54) is 12.3 Å². The van der Waals surface area contributed by atoms with Gasteiger partial charge in [0.15, 0.2) is 0 Å². The van der Waals surface area contributed by atoms with Gasteiger partial charge in [0, 0.05) is 12.7 Å². The normalized spacial score (nSPS) is 10.1. The molecule has 0 aliphatic rings. The van der Waals surface area contributed by atoms with Gasteiger partial charge in [0.2, 0.25) is 5.95 Å². The number of hydrogen-bond acceptors (Lipinski definition) is 4. The van der Waals surface area contributed by atoms with E-state index in [0.29, 0.717) is 18.7 Å². The van der Waals surface area contributed by atoms with Crippen molar-refractivity contribution >= 4 is 5.91 Å². The van der Waals surface area contributed by atoms with Crippen LogP contribution in [0.25, 0.3) is 0 Å². The molecule has 0 radical (unpaired) electrons. The largest absolute Gasteiger partial charge is 0.394 e. The maximum absolute atomic E-state index is 12.5. The first kappa shape index (κ1) is 12.5. The number of halogens is 1. The van der Waals surface area contributed by atoms with E-state index in [9.17, 15) is 9.18 Å². The first-order valence-corrected chi connectivity index (χ1v) is 4.82. The first-order chi connectivity index (χ1) is 7.74. The Morgan fingerprint density at radius 3 is 2.94 bits per heavy atom. The average Bonchev–Trinajstić information content (AvgIpc) is 2.29. The highest BCUT2D eigenvalue weighted by Gasteiger charge is 2.04. The van der Waals surface area contributed by atoms with E-state index in [4.69, 9.17) is 9.84 Å². The molecule has 6 heteroatoms. The molecule has 2 N–H and O–H groups in total. The number of aliphatic hydroxyl groups is 1. The Labute approximate surface area is 92.3 Å². The maximum atomic E-state index is 12.5. The number of aliphatic hydroxyl groups excluding tert-OH is 1. The van der Waals surface area contributed by atoms with Crippen LogP contribution in [-0.2, 0) is 4.74 Å². The average molecular weight is 228 g/mol. The number of nitrogens with one attached hydrogen (secondary N) is 1. The van der Waals surface area contributed by atoms with E-state index in [-0.39, 0.29) is 19.1 Å². The third kappa shape index (κ3) is 4.33. The molecule has 0 atom stereocenters. The lowest BCUT2D eigenvalue weighted by Crippen LogP contribution is -2.27. The summed E-state index contributed by atoms with van der Waals surface area (Å²) in [5.41, 5.74) is 0.295. The number of aromatic nitrogens is 1. The smallest absolute Gasteiger partial charge is 0.252 e. The van der Waals surface area contributed by atoms with Crippen molar-refractivity contribution in [3.05, 3.63) is 29.8 Å². The standard InChI is InChI=1S/C10H13FN2O3/c11-9-2-1-8(7-13-9)10(15)12-3-5-16-6-4-14/h1-2,7,14H,3-6H2,(H,12,15). The fraction of sp³-hybridized carbons (Fsp3) is 0.400. The van der Waals surface area contributed by atoms with Crippen molar-refractivity contribution in [1.29, 1.82) is 0 Å². The zero-order valence-electron chi connectivity index (χ0n) is 8.65. The third-order valence-electron chi connectivity index (χ3n) is 1.76. The summed E-state index contributed by atoms with van der Waals surface area (Å²) in [5.74, 6) is -0.956. The fourth-order valence-corrected chi connectivity index (χ4v) is 1.02. The van der Waals surface area contributed by atoms with Crippen molar-refractivity contribution in [3.63, 3.8) is 0 Å². The Balaban J connectivity index is 2.27. The molecule has 1 amide bonds. The van der Waals surface area contributed by atoms with Gasteiger partial charge in [-0.05, 0) is 12.1 Å². The number of hydrogen-bond donors (Lipinski definition) is 2. The number of carbonyl (C=O) groups is 1. The molecule has 1 rings (SSSR count). The zero-order valence-corrected chi connectivity index (χ0v) is 8.65. The number of rotatable bonds is 6. The summed E-state index contributed by atoms with van der Waals surface area (Å²) in [5, 5.41) is 11.0. The van der Waals surface area contributed by atoms with Gasteiger partial charge >= 0.3 is 0 Å². The quantitative estimate of drug-likeness (QED) is 0.529. The van der Waals surface area contributed by atoms with Gasteiger partial charge in [0.25, 0.3) is 5.91 Å². The van der Waals surface area contributed by atoms with Gasteiger partial charge in [-0.3, -0.25) is 4.79 Å². The lowest BCUT2D eigenvalue weighted by atomic mass is 10.3. The van der Waals surface area contributed by atoms with Crippen LogP contribution in [0.5, 0.6) is 0 Å². The van der Waals surface area contributed by atoms with Crippen LogP contribution in [0, 0.1) is 5.95 Å². The number of ether oxygens (including phenoxy) is 1. The lowest BCUT2D eigenvalue weighted by molar-refractivity contribution is 0.0838. The van der Waals surface area contributed by atoms with Gasteiger partial charge in [-0.25, -0.2) is 4.98 Å². The van der Waals surface area contributed by atoms with Gasteiger partial charge in [-0.15, -0.1) is 0 Å². The fourth-order valence-electron chi connectivity index (χ4n) is 1.02. The summed E-state index contributed by atoms with van der Waals surface area (Å²) >= 11 is 0. The highest BCUT2D eigenvalue weighted by molar-refractivity contribution is 5.93. The monoisotopic (exact) mass is 228 g/mol. The number of pyridine rings is 1. The predicted octanol–water partition coefficient (Wildman–Crippen LogP) is -0.0406. The minimum Gasteiger partial charge on any atom is -0.394 e. The Hall–Kier alpha value is -1.53. The second kappa shape index (κ2) is 6.86. The molecule has 1 aromatic heterocycles. The molecular weight excluding hydrogens is 215 g/mol. The van der Waals surface area contributed by atoms with Gasteiger partial charge < -0.3 is 15.2 Å². The molecule has 0 fully saturated rings. The van der Waals surface area contributed by atoms with Gasteiger partial charge in [-0.1, -0.05) is 0 Å². The van der Waals surface area contributed by atoms with Crippen LogP contribution in [-0.4, -0.2) is 42.4 Å². The van der Waals surface area contributed by atoms with Crippen LogP contribution < -0.4 is 5.32 Å². The third-order valence-corrected chi connectivity index (χ3v) is 1.76. The van der Waals surface area contributed by atoms with Gasteiger partial charge in [0.05, 0.1) is 25.4 Å². The maximum Gasteiger partial charge on any atom is 0.252 e. The van der Waals surface area contributed by atoms with Crippen molar-refractivity contribution < 1.29 is 19.0 Å². The van der Waals surface area contributed by atoms with Gasteiger partial charge in [-0.2, -0.15) is 4.39 Å². The molecule has 0 aromatic carbocycles. The highest BCUT2D eigenvalue weighted by Crippen LogP contribution is 1.98. The highest BCUT2D eigenvalue weighted by atomic mass is 19.1. The molecule has 0 aliphatic carbocycles. The Morgan fingerprint density at radius 2 is 2.31 bits per heavy atom. The molecule has 0 spiro atoms. The molecule has 0 saturated heterocycles. The van der Waals surface area contributed by atoms with Gasteiger partial charge in [0.1, 0.15) is 0 Å². The number of amides is 1. The van der Waals surface area contributed by atoms with E-state index in [1.807, 2.05) is 0 Å². The summed E-state index contributed by atoms with van der Waals surface area (Å²) in [4.78, 5) is 14.8. The molecule has 1 heterocycles. The zero-order chi connectivity index (χ0) is 11.8. The summed E-state index contributed by atoms with van der Waals surface area (Å²) in [6.07, 6.45) is 1.17. The minimum atomic E-state index is -0.622. The van der Waals surface area contributed by atoms with Crippen molar-refractivity contribution in [3.8, 4) is 0 Å². The number of carbonyl (C=O) groups excluding carboxylic acids is 1. The molecular formula is C10H13FN2O3. The molecule has 1 aromatic rings. The van der Waals surface area contributed by atoms with Crippen LogP contribution in [0.2, 0.25) is 0 Å². The lowest BCUT2D eigenvalue weighted by Gasteiger charge is -2.05. The Morgan fingerprint density at radius 1 is 1.50 bits per heavy atom. The second-order valence-corrected chi connectivity index (χ2v) is 2.96. The van der Waals surface area contributed by atoms with Crippen molar-refractivity contribution in [2.24, 2.45) is 0 Å². The van der Waals surface area contributed by atoms with Crippen molar-refractivity contribution in [2.75, 3.05) is 26.4 Å². The summed E-state index contributed by atoms with van der Waals surface area (Å²) in [7, 11) is 0. The van der Waals surface area contributed by atoms with E-state index < -0.39 is 5.95 Å². The summed E-state index contributed by atoms with van der Waals surface area (Å²) < 4.78 is 17.4. The Kier molecular flexibility index (Phi) is 5.38. The molecule has 5 nitrogen and oxygen atoms in total. The van der Waals surface area contributed by atoms with Crippen LogP contribution in [0.15, 0.2) is 18.3 Å². The predicted molar refractivity (Wildman–Crippen MR) is 54.4 cm³/mol. The van der Waals surface area contributed by atoms with E-state index in [1.54, 1.807) is 0 Å². The number of nitrogens with zero attached hydrogens (tertiary/aromatic N) is 1. The van der Waals surface area contributed by atoms with Crippen LogP contribution in [0.4, 0.5) is 4.39 Å². The molecule has 0 unspecified atom stereocenters. The Bertz CT molecular complexity index is 329. The summed E-state index contributed by atoms with van der Waals surface area (Å²) in [6, 6.07) is 2.48. The molecule has 88 valence electrons. The van der Waals surface area contributed by atoms with Crippen LogP contribution >= 0.6 is 0 Å². The SMILES string of the molecule is O=C(NCCOCCO)c1ccc(F)nc1. The van der Waals surface area contributed by atoms with E-state index >= 15 is 0 Å². The van der Waals surface area contributed by atoms with Crippen molar-refractivity contribution in [2.45, 2.75) is 0 Å². The van der Waals surface area contributed by atoms with Crippen LogP contribution in [0.3, 0.4) is 0 Å². The molecule has 0 saturated carbocycles. The van der Waals surface area contributed by atoms with E-state index in [2.05, 4.69) is 10.3 Å². The summed E-state index contributed by atoms with van der Waals surface area (Å²) in [6.45, 7) is 0.848. The molecule has 0 aliphatic heterocycles. The molecule has 0 bridgehead atoms. The first-order valence-electron chi connectivity index (χ1n) is 4.82. The topological polar surface area (TPSA) is 71.5 Å². The van der Waals surface area contributed by atoms with Crippen LogP contribution in [0.1, 0.15) is 10.4 Å². The minimum absolute atomic E-state index is 0.0458. The van der Waals surface area contributed by atoms with E-state index in [0.717, 1.165) is 6.07 Å².